The topological polar surface area (TPSA) is 61.8 Å². The van der Waals surface area contributed by atoms with E-state index in [1.165, 1.54) is 0 Å². The molecule has 0 saturated carbocycles. The van der Waals surface area contributed by atoms with Crippen molar-refractivity contribution in [2.45, 2.75) is 59.1 Å². The number of β-amino-alcohol motifs (C(OH)–C–C–N with tert-alkyl or cyclic N) is 1. The van der Waals surface area contributed by atoms with Crippen molar-refractivity contribution in [1.82, 2.24) is 10.2 Å². The van der Waals surface area contributed by atoms with Crippen LogP contribution in [-0.2, 0) is 9.53 Å². The Hall–Kier alpha value is -0.650. The maximum absolute atomic E-state index is 12.4. The first-order valence-corrected chi connectivity index (χ1v) is 8.45. The lowest BCUT2D eigenvalue weighted by Crippen LogP contribution is -2.49. The molecule has 0 aromatic carbocycles. The molecule has 22 heavy (non-hydrogen) atoms. The van der Waals surface area contributed by atoms with Crippen LogP contribution in [0.3, 0.4) is 0 Å². The van der Waals surface area contributed by atoms with Crippen LogP contribution in [0, 0.1) is 11.3 Å². The Bertz CT molecular complexity index is 337. The number of methoxy groups -OCH3 is 1. The number of rotatable bonds is 8. The Labute approximate surface area is 135 Å². The summed E-state index contributed by atoms with van der Waals surface area (Å²) in [4.78, 5) is 14.7. The Morgan fingerprint density at radius 2 is 1.95 bits per heavy atom. The standard InChI is InChI=1S/C17H34N2O3/c1-13(2)10-17(3,4)16(21)18-14-6-8-19(9-7-14)11-15(20)12-22-5/h13-15,20H,6-12H2,1-5H3,(H,18,21). The van der Waals surface area contributed by atoms with Crippen LogP contribution < -0.4 is 5.32 Å². The number of likely N-dealkylation sites (tertiary alicyclic amines) is 1. The molecule has 2 N–H and O–H groups in total. The quantitative estimate of drug-likeness (QED) is 0.715. The second-order valence-electron chi connectivity index (χ2n) is 7.64. The van der Waals surface area contributed by atoms with Crippen molar-refractivity contribution in [2.24, 2.45) is 11.3 Å². The predicted octanol–water partition coefficient (Wildman–Crippen LogP) is 1.65. The van der Waals surface area contributed by atoms with Crippen LogP contribution in [0.25, 0.3) is 0 Å². The Morgan fingerprint density at radius 3 is 2.45 bits per heavy atom. The van der Waals surface area contributed by atoms with E-state index in [0.29, 0.717) is 19.1 Å². The molecule has 1 unspecified atom stereocenters. The summed E-state index contributed by atoms with van der Waals surface area (Å²) in [5, 5.41) is 13.0. The number of nitrogens with one attached hydrogen (secondary N) is 1. The van der Waals surface area contributed by atoms with Gasteiger partial charge in [0.25, 0.3) is 0 Å². The van der Waals surface area contributed by atoms with Gasteiger partial charge in [0.05, 0.1) is 12.7 Å². The smallest absolute Gasteiger partial charge is 0.225 e. The number of amides is 1. The number of hydrogen-bond donors (Lipinski definition) is 2. The normalized spacial score (nSPS) is 19.4. The van der Waals surface area contributed by atoms with Gasteiger partial charge in [-0.3, -0.25) is 4.79 Å². The van der Waals surface area contributed by atoms with Crippen molar-refractivity contribution in [2.75, 3.05) is 33.4 Å². The average Bonchev–Trinajstić information content (AvgIpc) is 2.39. The number of aliphatic hydroxyl groups excluding tert-OH is 1. The van der Waals surface area contributed by atoms with Gasteiger partial charge in [0.15, 0.2) is 0 Å². The highest BCUT2D eigenvalue weighted by atomic mass is 16.5. The zero-order valence-corrected chi connectivity index (χ0v) is 14.9. The van der Waals surface area contributed by atoms with E-state index in [1.807, 2.05) is 13.8 Å². The largest absolute Gasteiger partial charge is 0.389 e. The molecule has 1 heterocycles. The SMILES string of the molecule is COCC(O)CN1CCC(NC(=O)C(C)(C)CC(C)C)CC1. The molecule has 0 radical (unpaired) electrons. The number of ether oxygens (including phenoxy) is 1. The van der Waals surface area contributed by atoms with Crippen molar-refractivity contribution in [3.05, 3.63) is 0 Å². The molecule has 0 spiro atoms. The highest BCUT2D eigenvalue weighted by molar-refractivity contribution is 5.82. The molecule has 1 atom stereocenters. The van der Waals surface area contributed by atoms with E-state index in [4.69, 9.17) is 4.74 Å². The number of hydrogen-bond acceptors (Lipinski definition) is 4. The molecule has 1 aliphatic heterocycles. The summed E-state index contributed by atoms with van der Waals surface area (Å²) in [5.41, 5.74) is -0.306. The number of carbonyl (C=O) groups excluding carboxylic acids is 1. The van der Waals surface area contributed by atoms with Gasteiger partial charge in [-0.05, 0) is 25.2 Å². The van der Waals surface area contributed by atoms with E-state index in [0.717, 1.165) is 32.4 Å². The lowest BCUT2D eigenvalue weighted by molar-refractivity contribution is -0.131. The molecule has 1 rings (SSSR count). The van der Waals surface area contributed by atoms with Gasteiger partial charge in [0.2, 0.25) is 5.91 Å². The minimum Gasteiger partial charge on any atom is -0.389 e. The molecule has 0 aliphatic carbocycles. The van der Waals surface area contributed by atoms with Crippen molar-refractivity contribution < 1.29 is 14.6 Å². The summed E-state index contributed by atoms with van der Waals surface area (Å²) in [5.74, 6) is 0.684. The van der Waals surface area contributed by atoms with Crippen molar-refractivity contribution in [3.8, 4) is 0 Å². The van der Waals surface area contributed by atoms with Gasteiger partial charge < -0.3 is 20.1 Å². The molecule has 5 heteroatoms. The van der Waals surface area contributed by atoms with E-state index in [-0.39, 0.29) is 17.4 Å². The summed E-state index contributed by atoms with van der Waals surface area (Å²) in [6, 6.07) is 0.259. The second-order valence-corrected chi connectivity index (χ2v) is 7.64. The lowest BCUT2D eigenvalue weighted by Gasteiger charge is -2.35. The van der Waals surface area contributed by atoms with Crippen molar-refractivity contribution >= 4 is 5.91 Å². The molecule has 0 aromatic rings. The summed E-state index contributed by atoms with van der Waals surface area (Å²) in [7, 11) is 1.60. The maximum Gasteiger partial charge on any atom is 0.225 e. The highest BCUT2D eigenvalue weighted by Gasteiger charge is 2.31. The molecule has 1 saturated heterocycles. The van der Waals surface area contributed by atoms with E-state index in [9.17, 15) is 9.90 Å². The third kappa shape index (κ3) is 6.63. The second kappa shape index (κ2) is 8.85. The molecule has 1 fully saturated rings. The van der Waals surface area contributed by atoms with Gasteiger partial charge in [-0.15, -0.1) is 0 Å². The number of piperidine rings is 1. The van der Waals surface area contributed by atoms with Crippen LogP contribution in [0.1, 0.15) is 47.0 Å². The lowest BCUT2D eigenvalue weighted by atomic mass is 9.82. The molecule has 1 amide bonds. The Morgan fingerprint density at radius 1 is 1.36 bits per heavy atom. The van der Waals surface area contributed by atoms with E-state index >= 15 is 0 Å². The summed E-state index contributed by atoms with van der Waals surface area (Å²) < 4.78 is 4.95. The third-order valence-corrected chi connectivity index (χ3v) is 4.28. The number of aliphatic hydroxyl groups is 1. The van der Waals surface area contributed by atoms with E-state index in [1.54, 1.807) is 7.11 Å². The first-order chi connectivity index (χ1) is 10.2. The van der Waals surface area contributed by atoms with Gasteiger partial charge in [-0.1, -0.05) is 27.7 Å². The molecule has 130 valence electrons. The van der Waals surface area contributed by atoms with Gasteiger partial charge in [0.1, 0.15) is 0 Å². The molecular weight excluding hydrogens is 280 g/mol. The van der Waals surface area contributed by atoms with E-state index in [2.05, 4.69) is 24.1 Å². The molecular formula is C17H34N2O3. The Balaban J connectivity index is 2.34. The highest BCUT2D eigenvalue weighted by Crippen LogP contribution is 2.26. The first-order valence-electron chi connectivity index (χ1n) is 8.45. The molecule has 5 nitrogen and oxygen atoms in total. The zero-order valence-electron chi connectivity index (χ0n) is 14.9. The third-order valence-electron chi connectivity index (χ3n) is 4.28. The van der Waals surface area contributed by atoms with Crippen LogP contribution in [0.5, 0.6) is 0 Å². The van der Waals surface area contributed by atoms with Crippen LogP contribution in [-0.4, -0.2) is 61.4 Å². The summed E-state index contributed by atoms with van der Waals surface area (Å²) in [6.07, 6.45) is 2.37. The average molecular weight is 314 g/mol. The maximum atomic E-state index is 12.4. The number of nitrogens with zero attached hydrogens (tertiary/aromatic N) is 1. The number of carbonyl (C=O) groups is 1. The van der Waals surface area contributed by atoms with Crippen molar-refractivity contribution in [1.29, 1.82) is 0 Å². The van der Waals surface area contributed by atoms with Crippen LogP contribution >= 0.6 is 0 Å². The van der Waals surface area contributed by atoms with Crippen molar-refractivity contribution in [3.63, 3.8) is 0 Å². The summed E-state index contributed by atoms with van der Waals surface area (Å²) >= 11 is 0. The van der Waals surface area contributed by atoms with Gasteiger partial charge in [0, 0.05) is 38.2 Å². The zero-order chi connectivity index (χ0) is 16.8. The summed E-state index contributed by atoms with van der Waals surface area (Å²) in [6.45, 7) is 11.2. The van der Waals surface area contributed by atoms with Gasteiger partial charge >= 0.3 is 0 Å². The van der Waals surface area contributed by atoms with E-state index < -0.39 is 6.10 Å². The molecule has 0 bridgehead atoms. The van der Waals surface area contributed by atoms with Crippen LogP contribution in [0.2, 0.25) is 0 Å². The fourth-order valence-electron chi connectivity index (χ4n) is 3.30. The van der Waals surface area contributed by atoms with Crippen LogP contribution in [0.4, 0.5) is 0 Å². The minimum absolute atomic E-state index is 0.166. The molecule has 0 aromatic heterocycles. The first kappa shape index (κ1) is 19.4. The van der Waals surface area contributed by atoms with Crippen LogP contribution in [0.15, 0.2) is 0 Å². The van der Waals surface area contributed by atoms with Gasteiger partial charge in [-0.2, -0.15) is 0 Å². The molecule has 1 aliphatic rings. The Kier molecular flexibility index (Phi) is 7.80. The monoisotopic (exact) mass is 314 g/mol. The fourth-order valence-corrected chi connectivity index (χ4v) is 3.30. The minimum atomic E-state index is -0.430. The van der Waals surface area contributed by atoms with Gasteiger partial charge in [-0.25, -0.2) is 0 Å². The predicted molar refractivity (Wildman–Crippen MR) is 88.7 cm³/mol. The fraction of sp³-hybridized carbons (Fsp3) is 0.941.